The van der Waals surface area contributed by atoms with Crippen LogP contribution in [0.15, 0.2) is 17.1 Å². The largest absolute Gasteiger partial charge is 0.463 e. The molecule has 0 aromatic carbocycles. The van der Waals surface area contributed by atoms with Crippen molar-refractivity contribution >= 4 is 15.8 Å². The Balaban J connectivity index is 2.58. The van der Waals surface area contributed by atoms with Crippen LogP contribution >= 0.6 is 0 Å². The molecule has 2 aromatic heterocycles. The van der Waals surface area contributed by atoms with E-state index in [9.17, 15) is 26.4 Å². The van der Waals surface area contributed by atoms with Gasteiger partial charge in [0.2, 0.25) is 10.0 Å². The topological polar surface area (TPSA) is 103 Å². The highest BCUT2D eigenvalue weighted by atomic mass is 32.2. The first-order chi connectivity index (χ1) is 13.7. The molecule has 0 spiro atoms. The van der Waals surface area contributed by atoms with Crippen molar-refractivity contribution in [3.8, 4) is 17.3 Å². The smallest absolute Gasteiger partial charge is 0.392 e. The minimum atomic E-state index is -4.43. The van der Waals surface area contributed by atoms with E-state index in [0.29, 0.717) is 16.7 Å². The fraction of sp³-hybridized carbons (Fsp3) is 0.500. The van der Waals surface area contributed by atoms with Crippen LogP contribution in [0, 0.1) is 13.8 Å². The predicted octanol–water partition coefficient (Wildman–Crippen LogP) is 2.94. The third-order valence-electron chi connectivity index (χ3n) is 4.24. The number of aryl methyl sites for hydroxylation is 2. The summed E-state index contributed by atoms with van der Waals surface area (Å²) < 4.78 is 70.6. The summed E-state index contributed by atoms with van der Waals surface area (Å²) in [5.41, 5.74) is 1.21. The van der Waals surface area contributed by atoms with Gasteiger partial charge in [-0.25, -0.2) is 8.42 Å². The monoisotopic (exact) mass is 448 g/mol. The lowest BCUT2D eigenvalue weighted by molar-refractivity contribution is -0.139. The Morgan fingerprint density at radius 1 is 1.23 bits per heavy atom. The molecular weight excluding hydrogens is 425 g/mol. The second-order valence-electron chi connectivity index (χ2n) is 7.07. The second kappa shape index (κ2) is 8.62. The number of pyridine rings is 1. The summed E-state index contributed by atoms with van der Waals surface area (Å²) in [4.78, 5) is 20.1. The quantitative estimate of drug-likeness (QED) is 0.699. The van der Waals surface area contributed by atoms with E-state index in [0.717, 1.165) is 0 Å². The molecule has 8 nitrogen and oxygen atoms in total. The minimum Gasteiger partial charge on any atom is -0.463 e. The third kappa shape index (κ3) is 5.71. The van der Waals surface area contributed by atoms with Crippen LogP contribution in [0.1, 0.15) is 31.4 Å². The van der Waals surface area contributed by atoms with Crippen LogP contribution in [0.4, 0.5) is 19.0 Å². The maximum atomic E-state index is 12.4. The summed E-state index contributed by atoms with van der Waals surface area (Å²) >= 11 is 0. The zero-order chi connectivity index (χ0) is 22.9. The van der Waals surface area contributed by atoms with Gasteiger partial charge in [-0.05, 0) is 33.8 Å². The molecular formula is C18H23F3N4O4S. The van der Waals surface area contributed by atoms with Crippen LogP contribution in [-0.4, -0.2) is 41.0 Å². The van der Waals surface area contributed by atoms with Crippen LogP contribution < -0.4 is 15.0 Å². The first kappa shape index (κ1) is 23.6. The number of hydrogen-bond acceptors (Lipinski definition) is 6. The van der Waals surface area contributed by atoms with Crippen molar-refractivity contribution in [2.45, 2.75) is 45.5 Å². The van der Waals surface area contributed by atoms with Gasteiger partial charge in [0.25, 0.3) is 5.56 Å². The maximum absolute atomic E-state index is 12.4. The van der Waals surface area contributed by atoms with Crippen molar-refractivity contribution in [3.63, 3.8) is 0 Å². The van der Waals surface area contributed by atoms with Gasteiger partial charge in [-0.1, -0.05) is 0 Å². The van der Waals surface area contributed by atoms with Gasteiger partial charge in [0.1, 0.15) is 12.4 Å². The first-order valence-electron chi connectivity index (χ1n) is 8.98. The zero-order valence-corrected chi connectivity index (χ0v) is 18.0. The van der Waals surface area contributed by atoms with Crippen molar-refractivity contribution in [1.82, 2.24) is 14.5 Å². The normalized spacial score (nSPS) is 12.3. The van der Waals surface area contributed by atoms with E-state index >= 15 is 0 Å². The fourth-order valence-electron chi connectivity index (χ4n) is 2.46. The van der Waals surface area contributed by atoms with E-state index in [-0.39, 0.29) is 17.1 Å². The van der Waals surface area contributed by atoms with Gasteiger partial charge in [-0.2, -0.15) is 23.1 Å². The summed E-state index contributed by atoms with van der Waals surface area (Å²) in [6.45, 7) is 5.38. The number of nitrogens with one attached hydrogen (secondary N) is 1. The van der Waals surface area contributed by atoms with Crippen LogP contribution in [0.5, 0.6) is 6.01 Å². The van der Waals surface area contributed by atoms with Crippen molar-refractivity contribution in [1.29, 1.82) is 0 Å². The standard InChI is InChI=1S/C18H23F3N4O4S/c1-10(2)30(27,28)24-15-12(4)14(13-8-11(3)16(26)25(5)9-13)22-17(23-15)29-7-6-18(19,20)21/h8-10H,6-7H2,1-5H3,(H,22,23,24). The molecule has 2 heterocycles. The number of alkyl halides is 3. The van der Waals surface area contributed by atoms with Gasteiger partial charge < -0.3 is 9.30 Å². The molecule has 0 unspecified atom stereocenters. The summed E-state index contributed by atoms with van der Waals surface area (Å²) in [6.07, 6.45) is -4.15. The van der Waals surface area contributed by atoms with Crippen LogP contribution in [0.2, 0.25) is 0 Å². The molecule has 0 aliphatic carbocycles. The molecule has 30 heavy (non-hydrogen) atoms. The average Bonchev–Trinajstić information content (AvgIpc) is 2.60. The number of ether oxygens (including phenoxy) is 1. The van der Waals surface area contributed by atoms with Crippen LogP contribution in [-0.2, 0) is 17.1 Å². The number of rotatable bonds is 7. The van der Waals surface area contributed by atoms with Crippen molar-refractivity contribution in [2.24, 2.45) is 7.05 Å². The molecule has 1 N–H and O–H groups in total. The Hall–Kier alpha value is -2.63. The number of anilines is 1. The molecule has 2 rings (SSSR count). The summed E-state index contributed by atoms with van der Waals surface area (Å²) in [6, 6.07) is 1.14. The lowest BCUT2D eigenvalue weighted by atomic mass is 10.1. The van der Waals surface area contributed by atoms with E-state index in [1.807, 2.05) is 0 Å². The highest BCUT2D eigenvalue weighted by Gasteiger charge is 2.27. The number of hydrogen-bond donors (Lipinski definition) is 1. The van der Waals surface area contributed by atoms with E-state index in [1.54, 1.807) is 27.0 Å². The minimum absolute atomic E-state index is 0.109. The predicted molar refractivity (Wildman–Crippen MR) is 106 cm³/mol. The fourth-order valence-corrected chi connectivity index (χ4v) is 3.16. The summed E-state index contributed by atoms with van der Waals surface area (Å²) in [7, 11) is -2.25. The molecule has 166 valence electrons. The Morgan fingerprint density at radius 3 is 2.40 bits per heavy atom. The Morgan fingerprint density at radius 2 is 1.87 bits per heavy atom. The van der Waals surface area contributed by atoms with Crippen molar-refractivity contribution in [2.75, 3.05) is 11.3 Å². The van der Waals surface area contributed by atoms with Gasteiger partial charge in [0.05, 0.1) is 17.4 Å². The Kier molecular flexibility index (Phi) is 6.80. The molecule has 0 aliphatic rings. The van der Waals surface area contributed by atoms with Gasteiger partial charge >= 0.3 is 12.2 Å². The Bertz CT molecular complexity index is 1070. The number of nitrogens with zero attached hydrogens (tertiary/aromatic N) is 3. The highest BCUT2D eigenvalue weighted by Crippen LogP contribution is 2.29. The second-order valence-corrected chi connectivity index (χ2v) is 9.30. The van der Waals surface area contributed by atoms with Gasteiger partial charge in [-0.3, -0.25) is 9.52 Å². The van der Waals surface area contributed by atoms with Gasteiger partial charge in [0, 0.05) is 29.9 Å². The molecule has 0 amide bonds. The molecule has 0 aliphatic heterocycles. The maximum Gasteiger partial charge on any atom is 0.392 e. The molecule has 0 saturated carbocycles. The molecule has 2 aromatic rings. The molecule has 0 fully saturated rings. The van der Waals surface area contributed by atoms with Gasteiger partial charge in [0.15, 0.2) is 0 Å². The molecule has 12 heteroatoms. The highest BCUT2D eigenvalue weighted by molar-refractivity contribution is 7.93. The summed E-state index contributed by atoms with van der Waals surface area (Å²) in [5, 5.41) is -0.773. The SMILES string of the molecule is Cc1c(NS(=O)(=O)C(C)C)nc(OCCC(F)(F)F)nc1-c1cc(C)c(=O)n(C)c1. The van der Waals surface area contributed by atoms with Gasteiger partial charge in [-0.15, -0.1) is 0 Å². The zero-order valence-electron chi connectivity index (χ0n) is 17.2. The summed E-state index contributed by atoms with van der Waals surface area (Å²) in [5.74, 6) is -0.109. The van der Waals surface area contributed by atoms with E-state index in [2.05, 4.69) is 14.7 Å². The number of aromatic nitrogens is 3. The molecule has 0 radical (unpaired) electrons. The van der Waals surface area contributed by atoms with E-state index < -0.39 is 40.5 Å². The van der Waals surface area contributed by atoms with Crippen molar-refractivity contribution in [3.05, 3.63) is 33.7 Å². The van der Waals surface area contributed by atoms with E-state index in [4.69, 9.17) is 4.74 Å². The Labute approximate surface area is 172 Å². The average molecular weight is 448 g/mol. The van der Waals surface area contributed by atoms with E-state index in [1.165, 1.54) is 24.6 Å². The number of sulfonamides is 1. The lowest BCUT2D eigenvalue weighted by Gasteiger charge is -2.16. The molecule has 0 saturated heterocycles. The first-order valence-corrected chi connectivity index (χ1v) is 10.5. The molecule has 0 bridgehead atoms. The van der Waals surface area contributed by atoms with Crippen LogP contribution in [0.25, 0.3) is 11.3 Å². The lowest BCUT2D eigenvalue weighted by Crippen LogP contribution is -2.24. The third-order valence-corrected chi connectivity index (χ3v) is 5.96. The molecule has 0 atom stereocenters. The number of halogens is 3. The van der Waals surface area contributed by atoms with Crippen LogP contribution in [0.3, 0.4) is 0 Å². The van der Waals surface area contributed by atoms with Crippen molar-refractivity contribution < 1.29 is 26.3 Å².